The Hall–Kier alpha value is -6.10. The Bertz CT molecular complexity index is 2540. The van der Waals surface area contributed by atoms with Gasteiger partial charge in [0.25, 0.3) is 0 Å². The number of ether oxygens (including phenoxy) is 2. The molecule has 1 saturated heterocycles. The lowest BCUT2D eigenvalue weighted by atomic mass is 9.83. The van der Waals surface area contributed by atoms with Crippen LogP contribution in [0.25, 0.3) is 0 Å². The van der Waals surface area contributed by atoms with E-state index in [1.165, 1.54) is 87.7 Å². The average Bonchev–Trinajstić information content (AvgIpc) is 1.52. The van der Waals surface area contributed by atoms with Crippen molar-refractivity contribution < 1.29 is 72.1 Å². The quantitative estimate of drug-likeness (QED) is 0.0840. The summed E-state index contributed by atoms with van der Waals surface area (Å²) in [6, 6.07) is -10.1. The highest BCUT2D eigenvalue weighted by atomic mass is 16.5. The number of Topliss-reactive ketones (excluding diaryl/α,β-unsaturated/α-hetero) is 3. The van der Waals surface area contributed by atoms with Crippen LogP contribution >= 0.6 is 0 Å². The van der Waals surface area contributed by atoms with Crippen LogP contribution in [0.15, 0.2) is 12.2 Å². The van der Waals surface area contributed by atoms with E-state index in [0.29, 0.717) is 0 Å². The van der Waals surface area contributed by atoms with E-state index in [1.54, 1.807) is 75.3 Å². The number of nitrogens with zero attached hydrogens (tertiary/aromatic N) is 7. The fraction of sp³-hybridized carbons (Fsp3) is 0.797. The maximum Gasteiger partial charge on any atom is 0.303 e. The predicted octanol–water partition coefficient (Wildman–Crippen LogP) is 6.10. The first-order chi connectivity index (χ1) is 42.6. The molecule has 1 heterocycles. The van der Waals surface area contributed by atoms with Crippen molar-refractivity contribution in [3.8, 4) is 0 Å². The summed E-state index contributed by atoms with van der Waals surface area (Å²) in [5.41, 5.74) is 0. The van der Waals surface area contributed by atoms with E-state index in [0.717, 1.165) is 9.80 Å². The molecular formula is C69H120N8O15. The van der Waals surface area contributed by atoms with Gasteiger partial charge in [0.1, 0.15) is 48.1 Å². The van der Waals surface area contributed by atoms with Crippen molar-refractivity contribution in [1.29, 1.82) is 0 Å². The minimum absolute atomic E-state index is 0.0288. The van der Waals surface area contributed by atoms with Crippen molar-refractivity contribution >= 4 is 70.6 Å². The second-order valence-electron chi connectivity index (χ2n) is 28.1. The van der Waals surface area contributed by atoms with Gasteiger partial charge in [-0.3, -0.25) is 57.5 Å². The second-order valence-corrected chi connectivity index (χ2v) is 28.1. The highest BCUT2D eigenvalue weighted by molar-refractivity contribution is 6.00. The van der Waals surface area contributed by atoms with E-state index >= 15 is 19.2 Å². The molecule has 2 N–H and O–H groups in total. The zero-order chi connectivity index (χ0) is 71.3. The summed E-state index contributed by atoms with van der Waals surface area (Å²) >= 11 is 0. The molecule has 0 unspecified atom stereocenters. The Balaban J connectivity index is 4.54. The van der Waals surface area contributed by atoms with E-state index in [2.05, 4.69) is 5.32 Å². The summed E-state index contributed by atoms with van der Waals surface area (Å²) in [5, 5.41) is 12.4. The number of ketones is 3. The van der Waals surface area contributed by atoms with Crippen LogP contribution < -0.4 is 5.32 Å². The van der Waals surface area contributed by atoms with E-state index in [9.17, 15) is 43.5 Å². The SMILES string of the molecule is C/C=C/C[C@@H](C)[C@@H](OC(C)=O)[C@H]1C(=O)N[C@@H](CC)C(=O)N(C)[C@H](C)C(=O)N(C)[C@@H]([C@H](C)COCCO)C(=O)C[C@@H](C(C)C)C(=O)N(C)[C@@H](CC(C)C)C(=O)C[C@@H](C)C(=O)C[C@H](C)C(=O)N(C)[C@@H](CC(C)C)C(=O)N(C)[C@@H](CC(C)C)C(=O)N(C)[C@@H](C(C)C)C(=O)N1C. The number of likely N-dealkylation sites (N-methyl/N-ethyl adjacent to an activating group) is 7. The van der Waals surface area contributed by atoms with E-state index in [-0.39, 0.29) is 94.7 Å². The number of hydrogen-bond acceptors (Lipinski definition) is 15. The number of rotatable bonds is 19. The van der Waals surface area contributed by atoms with Crippen molar-refractivity contribution in [2.45, 2.75) is 230 Å². The lowest BCUT2D eigenvalue weighted by Crippen LogP contribution is -2.64. The van der Waals surface area contributed by atoms with Crippen molar-refractivity contribution in [3.63, 3.8) is 0 Å². The van der Waals surface area contributed by atoms with Gasteiger partial charge in [0.05, 0.1) is 31.9 Å². The van der Waals surface area contributed by atoms with Gasteiger partial charge in [-0.25, -0.2) is 0 Å². The highest BCUT2D eigenvalue weighted by Crippen LogP contribution is 2.30. The second kappa shape index (κ2) is 38.9. The molecule has 0 radical (unpaired) electrons. The number of amides is 8. The standard InChI is InChI=1S/C69H120N8O15/c1-26-28-29-44(13)61(92-49(18)79)60-62(83)70-51(27-2)66(87)71(19)48(17)64(85)76(24)59(47(16)38-91-31-30-78)57(82)37-50(42(9)10)65(86)72(20)52(32-39(3)4)56(81)35-45(14)55(80)36-46(15)63(84)73(21)53(33-40(5)6)67(88)74(22)54(34-41(7)8)68(89)75(23)58(43(11)12)69(90)77(60)25/h26,28,39-48,50-54,58-61,78H,27,29-38H2,1-25H3,(H,70,83)/b28-26+/t44-,45-,46+,47-,48-,50+,51+,52+,53+,54+,58+,59+,60+,61-/m1/s1. The van der Waals surface area contributed by atoms with Gasteiger partial charge in [-0.2, -0.15) is 0 Å². The first kappa shape index (κ1) is 83.9. The zero-order valence-electron chi connectivity index (χ0n) is 60.7. The number of allylic oxidation sites excluding steroid dienone is 2. The Morgan fingerprint density at radius 1 is 0.543 bits per heavy atom. The molecule has 14 atom stereocenters. The Morgan fingerprint density at radius 3 is 1.48 bits per heavy atom. The summed E-state index contributed by atoms with van der Waals surface area (Å²) < 4.78 is 11.7. The van der Waals surface area contributed by atoms with Gasteiger partial charge >= 0.3 is 5.97 Å². The highest BCUT2D eigenvalue weighted by Gasteiger charge is 2.47. The molecule has 23 heteroatoms. The van der Waals surface area contributed by atoms with Gasteiger partial charge in [-0.05, 0) is 81.5 Å². The number of aliphatic hydroxyl groups excluding tert-OH is 1. The monoisotopic (exact) mass is 1300 g/mol. The normalized spacial score (nSPS) is 27.1. The number of nitrogens with one attached hydrogen (secondary N) is 1. The molecule has 23 nitrogen and oxygen atoms in total. The Kier molecular flexibility index (Phi) is 35.5. The van der Waals surface area contributed by atoms with Gasteiger partial charge in [0.2, 0.25) is 47.3 Å². The lowest BCUT2D eigenvalue weighted by Gasteiger charge is -2.42. The van der Waals surface area contributed by atoms with Gasteiger partial charge in [0.15, 0.2) is 11.6 Å². The van der Waals surface area contributed by atoms with Crippen LogP contribution in [0.1, 0.15) is 176 Å². The van der Waals surface area contributed by atoms with Crippen LogP contribution in [0.4, 0.5) is 0 Å². The molecule has 92 heavy (non-hydrogen) atoms. The summed E-state index contributed by atoms with van der Waals surface area (Å²) in [7, 11) is 10.0. The van der Waals surface area contributed by atoms with Crippen molar-refractivity contribution in [3.05, 3.63) is 12.2 Å². The smallest absolute Gasteiger partial charge is 0.303 e. The Morgan fingerprint density at radius 2 is 1.01 bits per heavy atom. The van der Waals surface area contributed by atoms with Crippen molar-refractivity contribution in [2.75, 3.05) is 69.2 Å². The van der Waals surface area contributed by atoms with Crippen LogP contribution in [0.2, 0.25) is 0 Å². The van der Waals surface area contributed by atoms with Crippen LogP contribution in [0.3, 0.4) is 0 Å². The summed E-state index contributed by atoms with van der Waals surface area (Å²) in [6.07, 6.45) is 2.14. The third-order valence-corrected chi connectivity index (χ3v) is 18.2. The van der Waals surface area contributed by atoms with E-state index < -0.39 is 161 Å². The Labute approximate surface area is 551 Å². The number of esters is 1. The fourth-order valence-corrected chi connectivity index (χ4v) is 12.4. The topological polar surface area (TPSA) is 278 Å². The van der Waals surface area contributed by atoms with Crippen LogP contribution in [-0.2, 0) is 67.0 Å². The van der Waals surface area contributed by atoms with Gasteiger partial charge < -0.3 is 54.2 Å². The third-order valence-electron chi connectivity index (χ3n) is 18.2. The molecule has 1 aliphatic heterocycles. The maximum absolute atomic E-state index is 15.5. The summed E-state index contributed by atoms with van der Waals surface area (Å²) in [5.74, 6) is -13.0. The third kappa shape index (κ3) is 23.4. The number of aliphatic hydroxyl groups is 1. The van der Waals surface area contributed by atoms with Crippen molar-refractivity contribution in [1.82, 2.24) is 39.6 Å². The molecule has 0 aromatic carbocycles. The predicted molar refractivity (Wildman–Crippen MR) is 354 cm³/mol. The molecule has 8 amide bonds. The molecule has 1 rings (SSSR count). The minimum Gasteiger partial charge on any atom is -0.459 e. The molecule has 526 valence electrons. The van der Waals surface area contributed by atoms with Crippen LogP contribution in [0, 0.1) is 59.2 Å². The van der Waals surface area contributed by atoms with Crippen LogP contribution in [-0.4, -0.2) is 234 Å². The molecule has 0 spiro atoms. The van der Waals surface area contributed by atoms with Gasteiger partial charge in [0, 0.05) is 99.2 Å². The van der Waals surface area contributed by atoms with Gasteiger partial charge in [-0.1, -0.05) is 116 Å². The summed E-state index contributed by atoms with van der Waals surface area (Å²) in [4.78, 5) is 186. The van der Waals surface area contributed by atoms with Crippen molar-refractivity contribution in [2.24, 2.45) is 59.2 Å². The first-order valence-corrected chi connectivity index (χ1v) is 33.3. The van der Waals surface area contributed by atoms with E-state index in [4.69, 9.17) is 9.47 Å². The maximum atomic E-state index is 15.5. The molecule has 0 bridgehead atoms. The molecule has 1 fully saturated rings. The molecule has 1 aliphatic rings. The zero-order valence-corrected chi connectivity index (χ0v) is 60.7. The largest absolute Gasteiger partial charge is 0.459 e. The average molecular weight is 1300 g/mol. The molecule has 0 aromatic rings. The number of carbonyl (C=O) groups is 12. The summed E-state index contributed by atoms with van der Waals surface area (Å²) in [6.45, 7) is 30.5. The number of hydrogen-bond donors (Lipinski definition) is 2. The molecule has 0 aliphatic carbocycles. The fourth-order valence-electron chi connectivity index (χ4n) is 12.4. The molecule has 0 aromatic heterocycles. The first-order valence-electron chi connectivity index (χ1n) is 33.3. The van der Waals surface area contributed by atoms with Crippen LogP contribution in [0.5, 0.6) is 0 Å². The lowest BCUT2D eigenvalue weighted by molar-refractivity contribution is -0.164. The number of carbonyl (C=O) groups excluding carboxylic acids is 12. The van der Waals surface area contributed by atoms with Gasteiger partial charge in [-0.15, -0.1) is 0 Å². The molecular weight excluding hydrogens is 1180 g/mol. The molecule has 0 saturated carbocycles. The van der Waals surface area contributed by atoms with E-state index in [1.807, 2.05) is 47.6 Å². The minimum atomic E-state index is -1.63.